The molecule has 2 saturated carbocycles. The summed E-state index contributed by atoms with van der Waals surface area (Å²) in [5.41, 5.74) is 2.94. The Bertz CT molecular complexity index is 981. The second-order valence-corrected chi connectivity index (χ2v) is 13.2. The number of carbonyl (C=O) groups is 2. The summed E-state index contributed by atoms with van der Waals surface area (Å²) in [6.07, 6.45) is 18.1. The number of hydrogen-bond acceptors (Lipinski definition) is 4. The fourth-order valence-electron chi connectivity index (χ4n) is 8.39. The van der Waals surface area contributed by atoms with E-state index in [1.807, 2.05) is 12.1 Å². The van der Waals surface area contributed by atoms with Crippen LogP contribution in [-0.4, -0.2) is 41.2 Å². The van der Waals surface area contributed by atoms with Gasteiger partial charge in [0.1, 0.15) is 5.75 Å². The minimum Gasteiger partial charge on any atom is -0.508 e. The third kappa shape index (κ3) is 7.60. The molecule has 4 rings (SSSR count). The zero-order chi connectivity index (χ0) is 28.5. The number of aliphatic hydroxyl groups excluding tert-OH is 1. The summed E-state index contributed by atoms with van der Waals surface area (Å²) in [5, 5.41) is 26.5. The smallest absolute Gasteiger partial charge is 0.239 e. The summed E-state index contributed by atoms with van der Waals surface area (Å²) >= 11 is 0. The third-order valence-corrected chi connectivity index (χ3v) is 10.7. The number of unbranched alkanes of at least 4 members (excludes halogenated alkanes) is 8. The average molecular weight is 555 g/mol. The van der Waals surface area contributed by atoms with Gasteiger partial charge in [-0.15, -0.1) is 0 Å². The first-order valence-corrected chi connectivity index (χ1v) is 16.4. The van der Waals surface area contributed by atoms with E-state index in [2.05, 4.69) is 23.6 Å². The predicted octanol–water partition coefficient (Wildman–Crippen LogP) is 6.38. The number of phenolic OH excluding ortho intramolecular Hbond substituents is 1. The Morgan fingerprint density at radius 1 is 0.925 bits per heavy atom. The van der Waals surface area contributed by atoms with E-state index >= 15 is 0 Å². The second-order valence-electron chi connectivity index (χ2n) is 13.2. The number of benzene rings is 1. The van der Waals surface area contributed by atoms with Gasteiger partial charge in [-0.3, -0.25) is 9.59 Å². The first-order valence-electron chi connectivity index (χ1n) is 16.4. The molecule has 40 heavy (non-hydrogen) atoms. The molecule has 3 aliphatic rings. The number of aliphatic hydroxyl groups is 1. The summed E-state index contributed by atoms with van der Waals surface area (Å²) in [5.74, 6) is 2.76. The van der Waals surface area contributed by atoms with Crippen molar-refractivity contribution in [1.29, 1.82) is 0 Å². The zero-order valence-corrected chi connectivity index (χ0v) is 25.1. The number of hydrogen-bond donors (Lipinski definition) is 4. The van der Waals surface area contributed by atoms with E-state index in [1.54, 1.807) is 6.92 Å². The van der Waals surface area contributed by atoms with Crippen molar-refractivity contribution in [2.45, 2.75) is 129 Å². The Hall–Kier alpha value is -2.08. The van der Waals surface area contributed by atoms with E-state index in [1.165, 1.54) is 75.3 Å². The van der Waals surface area contributed by atoms with Gasteiger partial charge in [-0.05, 0) is 97.3 Å². The van der Waals surface area contributed by atoms with Crippen LogP contribution in [-0.2, 0) is 16.0 Å². The molecule has 6 atom stereocenters. The molecule has 0 aromatic heterocycles. The topological polar surface area (TPSA) is 98.7 Å². The quantitative estimate of drug-likeness (QED) is 0.189. The summed E-state index contributed by atoms with van der Waals surface area (Å²) in [7, 11) is 0. The number of nitrogens with one attached hydrogen (secondary N) is 2. The Kier molecular flexibility index (Phi) is 11.3. The normalized spacial score (nSPS) is 28.8. The van der Waals surface area contributed by atoms with E-state index in [0.29, 0.717) is 42.4 Å². The van der Waals surface area contributed by atoms with E-state index in [0.717, 1.165) is 32.1 Å². The fraction of sp³-hybridized carbons (Fsp3) is 0.765. The van der Waals surface area contributed by atoms with Gasteiger partial charge < -0.3 is 20.8 Å². The summed E-state index contributed by atoms with van der Waals surface area (Å²) in [4.78, 5) is 22.9. The molecule has 0 aliphatic heterocycles. The molecule has 2 fully saturated rings. The molecule has 0 unspecified atom stereocenters. The van der Waals surface area contributed by atoms with Gasteiger partial charge in [-0.1, -0.05) is 71.3 Å². The van der Waals surface area contributed by atoms with E-state index < -0.39 is 0 Å². The Labute approximate surface area is 242 Å². The highest BCUT2D eigenvalue weighted by Crippen LogP contribution is 2.62. The van der Waals surface area contributed by atoms with Crippen molar-refractivity contribution >= 4 is 11.8 Å². The van der Waals surface area contributed by atoms with Crippen molar-refractivity contribution < 1.29 is 19.8 Å². The van der Waals surface area contributed by atoms with Gasteiger partial charge in [-0.25, -0.2) is 0 Å². The Morgan fingerprint density at radius 3 is 2.35 bits per heavy atom. The van der Waals surface area contributed by atoms with Gasteiger partial charge in [0.2, 0.25) is 11.8 Å². The fourth-order valence-corrected chi connectivity index (χ4v) is 8.39. The number of amides is 2. The van der Waals surface area contributed by atoms with E-state index in [9.17, 15) is 19.8 Å². The average Bonchev–Trinajstić information content (AvgIpc) is 3.25. The zero-order valence-electron chi connectivity index (χ0n) is 25.1. The van der Waals surface area contributed by atoms with Crippen molar-refractivity contribution in [1.82, 2.24) is 10.6 Å². The first-order chi connectivity index (χ1) is 19.3. The maximum absolute atomic E-state index is 11.7. The van der Waals surface area contributed by atoms with Crippen LogP contribution in [0.1, 0.15) is 127 Å². The van der Waals surface area contributed by atoms with Crippen LogP contribution in [0.3, 0.4) is 0 Å². The maximum atomic E-state index is 11.7. The van der Waals surface area contributed by atoms with Gasteiger partial charge in [0.15, 0.2) is 0 Å². The highest BCUT2D eigenvalue weighted by Gasteiger charge is 2.56. The molecular formula is C34H54N2O4. The molecule has 2 amide bonds. The van der Waals surface area contributed by atoms with Crippen molar-refractivity contribution in [3.63, 3.8) is 0 Å². The van der Waals surface area contributed by atoms with Gasteiger partial charge in [0.25, 0.3) is 0 Å². The van der Waals surface area contributed by atoms with Crippen molar-refractivity contribution in [2.24, 2.45) is 23.2 Å². The standard InChI is InChI=1S/C34H54N2O4/c1-3-31(39)36-23-32(40)35-20-12-10-8-6-4-5-7-9-11-13-24-21-25-22-26(37)14-15-27(25)28-18-19-34(2)29(33(24)28)16-17-30(34)38/h14-15,22,24,28-30,33,37-38H,3-13,16-21,23H2,1-2H3,(H,35,40)(H,36,39)/t24-,28-,29+,30+,33-,34+/m1/s1. The Morgan fingerprint density at radius 2 is 1.62 bits per heavy atom. The largest absolute Gasteiger partial charge is 0.508 e. The molecule has 6 heteroatoms. The van der Waals surface area contributed by atoms with E-state index in [-0.39, 0.29) is 29.9 Å². The van der Waals surface area contributed by atoms with Crippen molar-refractivity contribution in [3.05, 3.63) is 29.3 Å². The summed E-state index contributed by atoms with van der Waals surface area (Å²) < 4.78 is 0. The first kappa shape index (κ1) is 30.9. The van der Waals surface area contributed by atoms with Gasteiger partial charge in [0, 0.05) is 13.0 Å². The van der Waals surface area contributed by atoms with Crippen molar-refractivity contribution in [2.75, 3.05) is 13.1 Å². The second kappa shape index (κ2) is 14.7. The minimum atomic E-state index is -0.140. The van der Waals surface area contributed by atoms with Crippen molar-refractivity contribution in [3.8, 4) is 5.75 Å². The van der Waals surface area contributed by atoms with Crippen LogP contribution in [0.15, 0.2) is 18.2 Å². The molecule has 0 radical (unpaired) electrons. The number of rotatable bonds is 15. The molecule has 6 nitrogen and oxygen atoms in total. The molecule has 4 N–H and O–H groups in total. The number of phenols is 1. The molecule has 0 heterocycles. The minimum absolute atomic E-state index is 0.0780. The van der Waals surface area contributed by atoms with Crippen LogP contribution in [0, 0.1) is 23.2 Å². The maximum Gasteiger partial charge on any atom is 0.239 e. The highest BCUT2D eigenvalue weighted by atomic mass is 16.3. The molecule has 224 valence electrons. The Balaban J connectivity index is 1.12. The van der Waals surface area contributed by atoms with Crippen LogP contribution in [0.2, 0.25) is 0 Å². The number of aromatic hydroxyl groups is 1. The van der Waals surface area contributed by atoms with Crippen LogP contribution >= 0.6 is 0 Å². The number of carbonyl (C=O) groups excluding carboxylic acids is 2. The summed E-state index contributed by atoms with van der Waals surface area (Å²) in [6, 6.07) is 6.09. The summed E-state index contributed by atoms with van der Waals surface area (Å²) in [6.45, 7) is 4.90. The lowest BCUT2D eigenvalue weighted by molar-refractivity contribution is -0.125. The van der Waals surface area contributed by atoms with Crippen LogP contribution < -0.4 is 10.6 Å². The monoisotopic (exact) mass is 554 g/mol. The van der Waals surface area contributed by atoms with E-state index in [4.69, 9.17) is 0 Å². The third-order valence-electron chi connectivity index (χ3n) is 10.7. The van der Waals surface area contributed by atoms with Crippen LogP contribution in [0.4, 0.5) is 0 Å². The molecule has 3 aliphatic carbocycles. The lowest BCUT2D eigenvalue weighted by atomic mass is 9.52. The molecule has 1 aromatic rings. The van der Waals surface area contributed by atoms with Crippen LogP contribution in [0.25, 0.3) is 0 Å². The lowest BCUT2D eigenvalue weighted by Crippen LogP contribution is -2.47. The van der Waals surface area contributed by atoms with Crippen LogP contribution in [0.5, 0.6) is 5.75 Å². The molecular weight excluding hydrogens is 500 g/mol. The molecule has 1 aromatic carbocycles. The molecule has 0 bridgehead atoms. The lowest BCUT2D eigenvalue weighted by Gasteiger charge is -2.53. The van der Waals surface area contributed by atoms with Gasteiger partial charge in [-0.2, -0.15) is 0 Å². The van der Waals surface area contributed by atoms with Gasteiger partial charge >= 0.3 is 0 Å². The molecule has 0 saturated heterocycles. The predicted molar refractivity (Wildman–Crippen MR) is 160 cm³/mol. The number of fused-ring (bicyclic) bond motifs is 5. The highest BCUT2D eigenvalue weighted by molar-refractivity contribution is 5.84. The van der Waals surface area contributed by atoms with Gasteiger partial charge in [0.05, 0.1) is 12.6 Å². The molecule has 0 spiro atoms. The SMILES string of the molecule is CCC(=O)NCC(=O)NCCCCCCCCCCC[C@@H]1Cc2cc(O)ccc2[C@H]2CC[C@]3(C)[C@@H](O)CC[C@H]3[C@H]12.